The number of nitrogens with one attached hydrogen (secondary N) is 1. The predicted molar refractivity (Wildman–Crippen MR) is 137 cm³/mol. The van der Waals surface area contributed by atoms with E-state index in [4.69, 9.17) is 14.7 Å². The third kappa shape index (κ3) is 13.1. The van der Waals surface area contributed by atoms with Crippen molar-refractivity contribution in [2.24, 2.45) is 0 Å². The van der Waals surface area contributed by atoms with Crippen LogP contribution in [0.2, 0.25) is 0 Å². The first kappa shape index (κ1) is 32.4. The van der Waals surface area contributed by atoms with E-state index in [-0.39, 0.29) is 29.7 Å². The van der Waals surface area contributed by atoms with Crippen LogP contribution in [0.25, 0.3) is 11.4 Å². The van der Waals surface area contributed by atoms with Crippen LogP contribution in [0.15, 0.2) is 35.4 Å². The average molecular weight is 498 g/mol. The lowest BCUT2D eigenvalue weighted by atomic mass is 10.0. The Morgan fingerprint density at radius 1 is 1.14 bits per heavy atom. The molecule has 2 aromatic rings. The van der Waals surface area contributed by atoms with E-state index in [1.807, 2.05) is 13.8 Å². The molecule has 0 aliphatic carbocycles. The van der Waals surface area contributed by atoms with E-state index in [1.54, 1.807) is 6.92 Å². The fourth-order valence-corrected chi connectivity index (χ4v) is 2.71. The van der Waals surface area contributed by atoms with Crippen molar-refractivity contribution in [1.29, 1.82) is 5.41 Å². The molecule has 1 aromatic carbocycles. The Hall–Kier alpha value is -2.64. The molecule has 2 rings (SSSR count). The first-order valence-corrected chi connectivity index (χ1v) is 12.4. The van der Waals surface area contributed by atoms with Crippen LogP contribution in [0, 0.1) is 5.41 Å². The third-order valence-electron chi connectivity index (χ3n) is 4.99. The molecule has 0 spiro atoms. The van der Waals surface area contributed by atoms with E-state index < -0.39 is 11.7 Å². The molecule has 8 heteroatoms. The van der Waals surface area contributed by atoms with Crippen molar-refractivity contribution in [3.8, 4) is 17.1 Å². The standard InChI is InChI=1S/C18H21F3N2O2.C5H12.C4H9N/c1-4-6-7-12(3)17-22-16(23-25-17)13-8-9-15(24-10-5-2)14(11-13)18(19,20)21;1-3-5-4-2;1-3-4(2)5/h5,8-9,11-12H,2,4,6-7,10H2,1,3H3;3-5H2,1-2H3;5H,3H2,1-2H3/t12-;;/m0../s1. The first-order chi connectivity index (χ1) is 16.5. The third-order valence-corrected chi connectivity index (χ3v) is 4.99. The molecule has 0 aliphatic rings. The SMILES string of the molecule is C=CCOc1ccc(-c2noc([C@@H](C)CCCC)n2)cc1C(F)(F)F.CCC(C)=N.CCCCC. The minimum absolute atomic E-state index is 0.0102. The Labute approximate surface area is 208 Å². The van der Waals surface area contributed by atoms with Crippen LogP contribution in [0.4, 0.5) is 13.2 Å². The second kappa shape index (κ2) is 17.7. The quantitative estimate of drug-likeness (QED) is 0.248. The lowest BCUT2D eigenvalue weighted by molar-refractivity contribution is -0.138. The smallest absolute Gasteiger partial charge is 0.419 e. The number of aromatic nitrogens is 2. The number of rotatable bonds is 11. The molecular formula is C27H42F3N3O2. The molecule has 198 valence electrons. The summed E-state index contributed by atoms with van der Waals surface area (Å²) in [5.74, 6) is 0.387. The van der Waals surface area contributed by atoms with Gasteiger partial charge in [-0.25, -0.2) is 0 Å². The van der Waals surface area contributed by atoms with Gasteiger partial charge in [-0.05, 0) is 38.0 Å². The molecule has 0 unspecified atom stereocenters. The Morgan fingerprint density at radius 3 is 2.20 bits per heavy atom. The molecule has 0 radical (unpaired) electrons. The second-order valence-electron chi connectivity index (χ2n) is 8.30. The van der Waals surface area contributed by atoms with Crippen molar-refractivity contribution >= 4 is 5.71 Å². The van der Waals surface area contributed by atoms with Crippen LogP contribution in [0.3, 0.4) is 0 Å². The summed E-state index contributed by atoms with van der Waals surface area (Å²) >= 11 is 0. The van der Waals surface area contributed by atoms with Crippen molar-refractivity contribution in [3.05, 3.63) is 42.3 Å². The van der Waals surface area contributed by atoms with Crippen molar-refractivity contribution in [1.82, 2.24) is 10.1 Å². The van der Waals surface area contributed by atoms with Crippen LogP contribution in [0.1, 0.15) is 104 Å². The summed E-state index contributed by atoms with van der Waals surface area (Å²) in [6.45, 7) is 15.7. The molecule has 1 aromatic heterocycles. The summed E-state index contributed by atoms with van der Waals surface area (Å²) in [5.41, 5.74) is 0.109. The zero-order chi connectivity index (χ0) is 26.9. The fraction of sp³-hybridized carbons (Fsp3) is 0.593. The average Bonchev–Trinajstić information content (AvgIpc) is 3.32. The fourth-order valence-electron chi connectivity index (χ4n) is 2.71. The van der Waals surface area contributed by atoms with Gasteiger partial charge in [-0.15, -0.1) is 0 Å². The zero-order valence-corrected chi connectivity index (χ0v) is 22.1. The Morgan fingerprint density at radius 2 is 1.74 bits per heavy atom. The number of halogens is 3. The summed E-state index contributed by atoms with van der Waals surface area (Å²) in [6, 6.07) is 3.72. The van der Waals surface area contributed by atoms with Gasteiger partial charge in [0.2, 0.25) is 11.7 Å². The topological polar surface area (TPSA) is 72.0 Å². The van der Waals surface area contributed by atoms with Crippen molar-refractivity contribution in [3.63, 3.8) is 0 Å². The molecule has 0 saturated heterocycles. The maximum Gasteiger partial charge on any atom is 0.419 e. The van der Waals surface area contributed by atoms with E-state index in [1.165, 1.54) is 37.5 Å². The summed E-state index contributed by atoms with van der Waals surface area (Å²) < 4.78 is 50.1. The molecule has 0 saturated carbocycles. The van der Waals surface area contributed by atoms with Gasteiger partial charge < -0.3 is 14.7 Å². The molecule has 0 bridgehead atoms. The molecule has 0 amide bonds. The zero-order valence-electron chi connectivity index (χ0n) is 22.1. The van der Waals surface area contributed by atoms with Gasteiger partial charge in [0.25, 0.3) is 0 Å². The highest BCUT2D eigenvalue weighted by Crippen LogP contribution is 2.38. The summed E-state index contributed by atoms with van der Waals surface area (Å²) in [5, 5.41) is 10.6. The second-order valence-corrected chi connectivity index (χ2v) is 8.30. The largest absolute Gasteiger partial charge is 0.489 e. The van der Waals surface area contributed by atoms with Gasteiger partial charge in [0, 0.05) is 17.2 Å². The van der Waals surface area contributed by atoms with Crippen LogP contribution < -0.4 is 4.74 Å². The number of hydrogen-bond acceptors (Lipinski definition) is 5. The van der Waals surface area contributed by atoms with E-state index in [0.29, 0.717) is 5.89 Å². The molecule has 1 atom stereocenters. The highest BCUT2D eigenvalue weighted by Gasteiger charge is 2.35. The first-order valence-electron chi connectivity index (χ1n) is 12.4. The normalized spacial score (nSPS) is 11.5. The summed E-state index contributed by atoms with van der Waals surface area (Å²) in [7, 11) is 0. The van der Waals surface area contributed by atoms with Crippen molar-refractivity contribution in [2.75, 3.05) is 6.61 Å². The van der Waals surface area contributed by atoms with Crippen LogP contribution in [-0.4, -0.2) is 22.5 Å². The van der Waals surface area contributed by atoms with Crippen LogP contribution in [-0.2, 0) is 6.18 Å². The van der Waals surface area contributed by atoms with Gasteiger partial charge in [-0.1, -0.05) is 84.5 Å². The van der Waals surface area contributed by atoms with Crippen LogP contribution in [0.5, 0.6) is 5.75 Å². The van der Waals surface area contributed by atoms with E-state index >= 15 is 0 Å². The molecule has 5 nitrogen and oxygen atoms in total. The summed E-state index contributed by atoms with van der Waals surface area (Å²) in [4.78, 5) is 4.25. The van der Waals surface area contributed by atoms with E-state index in [0.717, 1.165) is 37.5 Å². The maximum absolute atomic E-state index is 13.3. The minimum atomic E-state index is -4.55. The molecule has 1 N–H and O–H groups in total. The molecule has 1 heterocycles. The van der Waals surface area contributed by atoms with E-state index in [2.05, 4.69) is 37.5 Å². The molecule has 35 heavy (non-hydrogen) atoms. The number of benzene rings is 1. The predicted octanol–water partition coefficient (Wildman–Crippen LogP) is 9.25. The monoisotopic (exact) mass is 497 g/mol. The number of ether oxygens (including phenoxy) is 1. The van der Waals surface area contributed by atoms with Gasteiger partial charge in [-0.2, -0.15) is 18.2 Å². The Kier molecular flexibility index (Phi) is 16.4. The molecular weight excluding hydrogens is 455 g/mol. The van der Waals surface area contributed by atoms with Gasteiger partial charge in [0.05, 0.1) is 5.56 Å². The van der Waals surface area contributed by atoms with Gasteiger partial charge in [0.1, 0.15) is 12.4 Å². The Bertz CT molecular complexity index is 862. The van der Waals surface area contributed by atoms with Crippen molar-refractivity contribution in [2.45, 2.75) is 98.6 Å². The van der Waals surface area contributed by atoms with Crippen molar-refractivity contribution < 1.29 is 22.4 Å². The lowest BCUT2D eigenvalue weighted by Gasteiger charge is -2.13. The summed E-state index contributed by atoms with van der Waals surface area (Å²) in [6.07, 6.45) is 4.76. The number of unbranched alkanes of at least 4 members (excludes halogenated alkanes) is 3. The Balaban J connectivity index is 0.000000975. The van der Waals surface area contributed by atoms with Crippen LogP contribution >= 0.6 is 0 Å². The van der Waals surface area contributed by atoms with Gasteiger partial charge in [-0.3, -0.25) is 0 Å². The van der Waals surface area contributed by atoms with Gasteiger partial charge >= 0.3 is 6.18 Å². The highest BCUT2D eigenvalue weighted by atomic mass is 19.4. The molecule has 0 fully saturated rings. The lowest BCUT2D eigenvalue weighted by Crippen LogP contribution is -2.09. The number of nitrogens with zero attached hydrogens (tertiary/aromatic N) is 2. The minimum Gasteiger partial charge on any atom is -0.489 e. The molecule has 0 aliphatic heterocycles. The highest BCUT2D eigenvalue weighted by molar-refractivity contribution is 5.78. The maximum atomic E-state index is 13.3. The van der Waals surface area contributed by atoms with E-state index in [9.17, 15) is 13.2 Å². The van der Waals surface area contributed by atoms with Gasteiger partial charge in [0.15, 0.2) is 0 Å². The number of hydrogen-bond donors (Lipinski definition) is 1. The number of alkyl halides is 3.